The number of para-hydroxylation sites is 1. The Labute approximate surface area is 108 Å². The number of benzene rings is 1. The summed E-state index contributed by atoms with van der Waals surface area (Å²) >= 11 is 0. The highest BCUT2D eigenvalue weighted by molar-refractivity contribution is 5.30. The lowest BCUT2D eigenvalue weighted by atomic mass is 10.3. The molecule has 4 nitrogen and oxygen atoms in total. The molecule has 1 aromatic carbocycles. The topological polar surface area (TPSA) is 41.9 Å². The number of hydrogen-bond acceptors (Lipinski definition) is 3. The quantitative estimate of drug-likeness (QED) is 0.810. The standard InChI is InChI=1S/C14H20N4/c1-12(10-15-2)16-11-13-8-9-18(17-13)14-6-4-3-5-7-14/h3-9,12,15-16H,10-11H2,1-2H3. The van der Waals surface area contributed by atoms with E-state index in [1.165, 1.54) is 0 Å². The zero-order valence-electron chi connectivity index (χ0n) is 10.9. The van der Waals surface area contributed by atoms with Crippen molar-refractivity contribution in [2.24, 2.45) is 0 Å². The molecule has 0 saturated carbocycles. The van der Waals surface area contributed by atoms with Crippen LogP contribution in [0.15, 0.2) is 42.6 Å². The van der Waals surface area contributed by atoms with Gasteiger partial charge in [-0.15, -0.1) is 0 Å². The van der Waals surface area contributed by atoms with Gasteiger partial charge in [0.15, 0.2) is 0 Å². The van der Waals surface area contributed by atoms with Gasteiger partial charge >= 0.3 is 0 Å². The number of likely N-dealkylation sites (N-methyl/N-ethyl adjacent to an activating group) is 1. The van der Waals surface area contributed by atoms with Gasteiger partial charge in [-0.25, -0.2) is 4.68 Å². The molecular weight excluding hydrogens is 224 g/mol. The average Bonchev–Trinajstić information content (AvgIpc) is 2.87. The van der Waals surface area contributed by atoms with Gasteiger partial charge in [-0.1, -0.05) is 18.2 Å². The second kappa shape index (κ2) is 6.33. The van der Waals surface area contributed by atoms with Gasteiger partial charge in [0.25, 0.3) is 0 Å². The zero-order chi connectivity index (χ0) is 12.8. The van der Waals surface area contributed by atoms with Crippen molar-refractivity contribution in [1.29, 1.82) is 0 Å². The summed E-state index contributed by atoms with van der Waals surface area (Å²) in [5.41, 5.74) is 2.15. The molecule has 0 aliphatic heterocycles. The highest BCUT2D eigenvalue weighted by Gasteiger charge is 2.03. The van der Waals surface area contributed by atoms with Gasteiger partial charge in [-0.2, -0.15) is 5.10 Å². The lowest BCUT2D eigenvalue weighted by molar-refractivity contribution is 0.517. The normalized spacial score (nSPS) is 12.6. The number of rotatable bonds is 6. The van der Waals surface area contributed by atoms with Crippen molar-refractivity contribution in [1.82, 2.24) is 20.4 Å². The van der Waals surface area contributed by atoms with Crippen LogP contribution in [0.3, 0.4) is 0 Å². The first-order valence-electron chi connectivity index (χ1n) is 6.27. The van der Waals surface area contributed by atoms with Crippen molar-refractivity contribution in [3.05, 3.63) is 48.3 Å². The van der Waals surface area contributed by atoms with Crippen LogP contribution >= 0.6 is 0 Å². The molecule has 0 aliphatic carbocycles. The molecule has 0 bridgehead atoms. The van der Waals surface area contributed by atoms with Crippen molar-refractivity contribution >= 4 is 0 Å². The molecule has 1 heterocycles. The largest absolute Gasteiger partial charge is 0.318 e. The first-order valence-corrected chi connectivity index (χ1v) is 6.27. The number of hydrogen-bond donors (Lipinski definition) is 2. The fourth-order valence-electron chi connectivity index (χ4n) is 1.84. The third-order valence-electron chi connectivity index (χ3n) is 2.81. The Hall–Kier alpha value is -1.65. The Bertz CT molecular complexity index is 464. The molecule has 1 unspecified atom stereocenters. The molecular formula is C14H20N4. The Morgan fingerprint density at radius 1 is 1.22 bits per heavy atom. The summed E-state index contributed by atoms with van der Waals surface area (Å²) in [6.07, 6.45) is 2.00. The molecule has 0 amide bonds. The van der Waals surface area contributed by atoms with E-state index < -0.39 is 0 Å². The van der Waals surface area contributed by atoms with Crippen molar-refractivity contribution in [2.75, 3.05) is 13.6 Å². The van der Waals surface area contributed by atoms with Gasteiger partial charge in [-0.05, 0) is 32.2 Å². The molecule has 2 N–H and O–H groups in total. The third kappa shape index (κ3) is 3.42. The van der Waals surface area contributed by atoms with Gasteiger partial charge in [0.2, 0.25) is 0 Å². The summed E-state index contributed by atoms with van der Waals surface area (Å²) in [6, 6.07) is 12.6. The minimum absolute atomic E-state index is 0.442. The maximum atomic E-state index is 4.55. The van der Waals surface area contributed by atoms with Crippen LogP contribution in [0.25, 0.3) is 5.69 Å². The fourth-order valence-corrected chi connectivity index (χ4v) is 1.84. The summed E-state index contributed by atoms with van der Waals surface area (Å²) in [6.45, 7) is 3.91. The second-order valence-electron chi connectivity index (χ2n) is 4.43. The van der Waals surface area contributed by atoms with E-state index in [1.807, 2.05) is 54.3 Å². The van der Waals surface area contributed by atoms with E-state index >= 15 is 0 Å². The summed E-state index contributed by atoms with van der Waals surface area (Å²) in [4.78, 5) is 0. The lowest BCUT2D eigenvalue weighted by Crippen LogP contribution is -2.34. The first-order chi connectivity index (χ1) is 8.79. The SMILES string of the molecule is CNCC(C)NCc1ccn(-c2ccccc2)n1. The molecule has 0 saturated heterocycles. The van der Waals surface area contributed by atoms with E-state index in [2.05, 4.69) is 22.7 Å². The van der Waals surface area contributed by atoms with Crippen LogP contribution in [-0.4, -0.2) is 29.4 Å². The van der Waals surface area contributed by atoms with E-state index in [0.29, 0.717) is 6.04 Å². The van der Waals surface area contributed by atoms with Gasteiger partial charge in [-0.3, -0.25) is 0 Å². The first kappa shape index (κ1) is 12.8. The molecule has 18 heavy (non-hydrogen) atoms. The fraction of sp³-hybridized carbons (Fsp3) is 0.357. The Morgan fingerprint density at radius 3 is 2.72 bits per heavy atom. The van der Waals surface area contributed by atoms with Gasteiger partial charge in [0.05, 0.1) is 11.4 Å². The molecule has 1 atom stereocenters. The average molecular weight is 244 g/mol. The molecule has 0 spiro atoms. The van der Waals surface area contributed by atoms with E-state index in [4.69, 9.17) is 0 Å². The predicted molar refractivity (Wildman–Crippen MR) is 73.8 cm³/mol. The van der Waals surface area contributed by atoms with Gasteiger partial charge < -0.3 is 10.6 Å². The van der Waals surface area contributed by atoms with E-state index in [0.717, 1.165) is 24.5 Å². The van der Waals surface area contributed by atoms with Crippen molar-refractivity contribution in [3.63, 3.8) is 0 Å². The van der Waals surface area contributed by atoms with Crippen LogP contribution in [0.5, 0.6) is 0 Å². The van der Waals surface area contributed by atoms with Crippen LogP contribution in [0.2, 0.25) is 0 Å². The van der Waals surface area contributed by atoms with Crippen molar-refractivity contribution in [3.8, 4) is 5.69 Å². The van der Waals surface area contributed by atoms with Crippen LogP contribution < -0.4 is 10.6 Å². The van der Waals surface area contributed by atoms with Crippen molar-refractivity contribution in [2.45, 2.75) is 19.5 Å². The van der Waals surface area contributed by atoms with Crippen LogP contribution in [0.1, 0.15) is 12.6 Å². The molecule has 1 aromatic heterocycles. The maximum absolute atomic E-state index is 4.55. The Balaban J connectivity index is 1.95. The number of nitrogens with zero attached hydrogens (tertiary/aromatic N) is 2. The van der Waals surface area contributed by atoms with E-state index in [9.17, 15) is 0 Å². The van der Waals surface area contributed by atoms with Crippen molar-refractivity contribution < 1.29 is 0 Å². The zero-order valence-corrected chi connectivity index (χ0v) is 10.9. The minimum atomic E-state index is 0.442. The number of nitrogens with one attached hydrogen (secondary N) is 2. The summed E-state index contributed by atoms with van der Waals surface area (Å²) in [5, 5.41) is 11.1. The lowest BCUT2D eigenvalue weighted by Gasteiger charge is -2.11. The van der Waals surface area contributed by atoms with Crippen LogP contribution in [0, 0.1) is 0 Å². The molecule has 0 radical (unpaired) electrons. The van der Waals surface area contributed by atoms with Crippen LogP contribution in [0.4, 0.5) is 0 Å². The predicted octanol–water partition coefficient (Wildman–Crippen LogP) is 1.57. The maximum Gasteiger partial charge on any atom is 0.0766 e. The molecule has 2 rings (SSSR count). The highest BCUT2D eigenvalue weighted by atomic mass is 15.3. The molecule has 96 valence electrons. The summed E-state index contributed by atoms with van der Waals surface area (Å²) in [7, 11) is 1.96. The second-order valence-corrected chi connectivity index (χ2v) is 4.43. The minimum Gasteiger partial charge on any atom is -0.318 e. The van der Waals surface area contributed by atoms with E-state index in [1.54, 1.807) is 0 Å². The monoisotopic (exact) mass is 244 g/mol. The summed E-state index contributed by atoms with van der Waals surface area (Å²) in [5.74, 6) is 0. The number of aromatic nitrogens is 2. The van der Waals surface area contributed by atoms with E-state index in [-0.39, 0.29) is 0 Å². The molecule has 2 aromatic rings. The highest BCUT2D eigenvalue weighted by Crippen LogP contribution is 2.06. The summed E-state index contributed by atoms with van der Waals surface area (Å²) < 4.78 is 1.90. The van der Waals surface area contributed by atoms with Gasteiger partial charge in [0.1, 0.15) is 0 Å². The molecule has 4 heteroatoms. The molecule has 0 aliphatic rings. The van der Waals surface area contributed by atoms with Crippen LogP contribution in [-0.2, 0) is 6.54 Å². The Kier molecular flexibility index (Phi) is 4.50. The molecule has 0 fully saturated rings. The Morgan fingerprint density at radius 2 is 2.00 bits per heavy atom. The third-order valence-corrected chi connectivity index (χ3v) is 2.81. The van der Waals surface area contributed by atoms with Gasteiger partial charge in [0, 0.05) is 25.3 Å². The smallest absolute Gasteiger partial charge is 0.0766 e.